The van der Waals surface area contributed by atoms with Gasteiger partial charge >= 0.3 is 0 Å². The Morgan fingerprint density at radius 3 is 2.82 bits per heavy atom. The first-order valence-corrected chi connectivity index (χ1v) is 6.97. The molecule has 5 nitrogen and oxygen atoms in total. The van der Waals surface area contributed by atoms with Gasteiger partial charge in [-0.3, -0.25) is 4.90 Å². The molecule has 1 fully saturated rings. The first kappa shape index (κ1) is 14.8. The van der Waals surface area contributed by atoms with E-state index in [-0.39, 0.29) is 6.04 Å². The van der Waals surface area contributed by atoms with Gasteiger partial charge in [-0.25, -0.2) is 18.7 Å². The molecule has 1 aromatic carbocycles. The standard InChI is InChI=1S/C15H16F2N4O/c16-11-2-1-9(5-12(11)17)13-6-10(22)7-21(13)8-15-19-4-3-14(18)20-15/h1-5,10,13,22H,6-8H2,(H2,18,19,20). The van der Waals surface area contributed by atoms with Crippen molar-refractivity contribution in [3.63, 3.8) is 0 Å². The number of halogens is 2. The van der Waals surface area contributed by atoms with Crippen LogP contribution >= 0.6 is 0 Å². The highest BCUT2D eigenvalue weighted by Gasteiger charge is 2.32. The van der Waals surface area contributed by atoms with Crippen molar-refractivity contribution in [2.24, 2.45) is 0 Å². The Labute approximate surface area is 126 Å². The van der Waals surface area contributed by atoms with Crippen LogP contribution in [-0.4, -0.2) is 32.6 Å². The Morgan fingerprint density at radius 1 is 1.27 bits per heavy atom. The first-order valence-electron chi connectivity index (χ1n) is 6.97. The van der Waals surface area contributed by atoms with Gasteiger partial charge in [0.2, 0.25) is 0 Å². The summed E-state index contributed by atoms with van der Waals surface area (Å²) in [5.74, 6) is -0.872. The zero-order valence-corrected chi connectivity index (χ0v) is 11.8. The Bertz CT molecular complexity index is 682. The maximum atomic E-state index is 13.4. The van der Waals surface area contributed by atoms with Crippen LogP contribution in [0.25, 0.3) is 0 Å². The van der Waals surface area contributed by atoms with Crippen LogP contribution in [0.1, 0.15) is 23.9 Å². The van der Waals surface area contributed by atoms with E-state index < -0.39 is 17.7 Å². The molecule has 0 saturated carbocycles. The molecule has 0 amide bonds. The van der Waals surface area contributed by atoms with E-state index in [1.54, 1.807) is 12.3 Å². The molecule has 116 valence electrons. The number of aromatic nitrogens is 2. The molecule has 0 spiro atoms. The zero-order valence-electron chi connectivity index (χ0n) is 11.8. The molecule has 0 bridgehead atoms. The van der Waals surface area contributed by atoms with E-state index >= 15 is 0 Å². The highest BCUT2D eigenvalue weighted by atomic mass is 19.2. The van der Waals surface area contributed by atoms with E-state index in [2.05, 4.69) is 9.97 Å². The molecule has 0 radical (unpaired) electrons. The minimum absolute atomic E-state index is 0.213. The van der Waals surface area contributed by atoms with Gasteiger partial charge in [-0.2, -0.15) is 0 Å². The van der Waals surface area contributed by atoms with Crippen LogP contribution < -0.4 is 5.73 Å². The largest absolute Gasteiger partial charge is 0.392 e. The first-order chi connectivity index (χ1) is 10.5. The van der Waals surface area contributed by atoms with Gasteiger partial charge in [0.05, 0.1) is 12.6 Å². The number of nitrogens with two attached hydrogens (primary N) is 1. The summed E-state index contributed by atoms with van der Waals surface area (Å²) >= 11 is 0. The summed E-state index contributed by atoms with van der Waals surface area (Å²) in [5, 5.41) is 9.91. The third-order valence-corrected chi connectivity index (χ3v) is 3.78. The van der Waals surface area contributed by atoms with Gasteiger partial charge in [-0.1, -0.05) is 6.07 Å². The summed E-state index contributed by atoms with van der Waals surface area (Å²) in [6.45, 7) is 0.799. The predicted octanol–water partition coefficient (Wildman–Crippen LogP) is 1.64. The Balaban J connectivity index is 1.84. The van der Waals surface area contributed by atoms with Crippen molar-refractivity contribution in [1.29, 1.82) is 0 Å². The van der Waals surface area contributed by atoms with E-state index in [0.29, 0.717) is 36.7 Å². The second-order valence-corrected chi connectivity index (χ2v) is 5.41. The molecular weight excluding hydrogens is 290 g/mol. The van der Waals surface area contributed by atoms with Gasteiger partial charge < -0.3 is 10.8 Å². The number of aliphatic hydroxyl groups excluding tert-OH is 1. The van der Waals surface area contributed by atoms with E-state index in [1.807, 2.05) is 4.90 Å². The van der Waals surface area contributed by atoms with Crippen LogP contribution in [0.15, 0.2) is 30.5 Å². The fraction of sp³-hybridized carbons (Fsp3) is 0.333. The Kier molecular flexibility index (Phi) is 4.00. The number of hydrogen-bond donors (Lipinski definition) is 2. The van der Waals surface area contributed by atoms with Crippen LogP contribution in [0.3, 0.4) is 0 Å². The summed E-state index contributed by atoms with van der Waals surface area (Å²) in [5.41, 5.74) is 6.26. The Hall–Kier alpha value is -2.12. The topological polar surface area (TPSA) is 75.3 Å². The minimum Gasteiger partial charge on any atom is -0.392 e. The highest BCUT2D eigenvalue weighted by molar-refractivity contribution is 5.26. The molecule has 1 aliphatic heterocycles. The summed E-state index contributed by atoms with van der Waals surface area (Å²) in [4.78, 5) is 10.2. The van der Waals surface area contributed by atoms with E-state index in [0.717, 1.165) is 6.07 Å². The number of hydrogen-bond acceptors (Lipinski definition) is 5. The molecule has 22 heavy (non-hydrogen) atoms. The monoisotopic (exact) mass is 306 g/mol. The van der Waals surface area contributed by atoms with E-state index in [1.165, 1.54) is 12.1 Å². The van der Waals surface area contributed by atoms with Crippen molar-refractivity contribution in [1.82, 2.24) is 14.9 Å². The second kappa shape index (κ2) is 5.94. The minimum atomic E-state index is -0.890. The van der Waals surface area contributed by atoms with Gasteiger partial charge in [0, 0.05) is 18.8 Å². The third kappa shape index (κ3) is 3.05. The molecule has 1 aromatic heterocycles. The zero-order chi connectivity index (χ0) is 15.7. The van der Waals surface area contributed by atoms with Crippen LogP contribution in [0.4, 0.5) is 14.6 Å². The number of nitrogen functional groups attached to an aromatic ring is 1. The summed E-state index contributed by atoms with van der Waals surface area (Å²) in [7, 11) is 0. The van der Waals surface area contributed by atoms with Gasteiger partial charge in [-0.05, 0) is 30.2 Å². The van der Waals surface area contributed by atoms with Crippen LogP contribution in [0.2, 0.25) is 0 Å². The lowest BCUT2D eigenvalue weighted by Crippen LogP contribution is -2.25. The number of β-amino-alcohol motifs (C(OH)–C–C–N with tert-alkyl or cyclic N) is 1. The molecule has 2 heterocycles. The lowest BCUT2D eigenvalue weighted by atomic mass is 10.0. The second-order valence-electron chi connectivity index (χ2n) is 5.41. The predicted molar refractivity (Wildman–Crippen MR) is 76.6 cm³/mol. The molecule has 2 aromatic rings. The quantitative estimate of drug-likeness (QED) is 0.902. The average molecular weight is 306 g/mol. The summed E-state index contributed by atoms with van der Waals surface area (Å²) < 4.78 is 26.5. The Morgan fingerprint density at radius 2 is 2.09 bits per heavy atom. The number of rotatable bonds is 3. The summed E-state index contributed by atoms with van der Waals surface area (Å²) in [6.07, 6.45) is 1.49. The highest BCUT2D eigenvalue weighted by Crippen LogP contribution is 2.33. The smallest absolute Gasteiger partial charge is 0.159 e. The molecule has 3 rings (SSSR count). The number of benzene rings is 1. The maximum absolute atomic E-state index is 13.4. The molecule has 7 heteroatoms. The molecule has 3 N–H and O–H groups in total. The van der Waals surface area contributed by atoms with Crippen molar-refractivity contribution in [3.8, 4) is 0 Å². The molecule has 1 aliphatic rings. The van der Waals surface area contributed by atoms with Gasteiger partial charge in [0.25, 0.3) is 0 Å². The van der Waals surface area contributed by atoms with Crippen LogP contribution in [0.5, 0.6) is 0 Å². The number of aliphatic hydroxyl groups is 1. The number of anilines is 1. The molecule has 2 unspecified atom stereocenters. The average Bonchev–Trinajstić information content (AvgIpc) is 2.82. The van der Waals surface area contributed by atoms with Crippen molar-refractivity contribution in [2.75, 3.05) is 12.3 Å². The number of likely N-dealkylation sites (tertiary alicyclic amines) is 1. The SMILES string of the molecule is Nc1ccnc(CN2CC(O)CC2c2ccc(F)c(F)c2)n1. The third-order valence-electron chi connectivity index (χ3n) is 3.78. The van der Waals surface area contributed by atoms with Crippen molar-refractivity contribution >= 4 is 5.82 Å². The van der Waals surface area contributed by atoms with Crippen molar-refractivity contribution in [3.05, 3.63) is 53.5 Å². The van der Waals surface area contributed by atoms with Gasteiger partial charge in [0.1, 0.15) is 11.6 Å². The lowest BCUT2D eigenvalue weighted by Gasteiger charge is -2.23. The van der Waals surface area contributed by atoms with Crippen molar-refractivity contribution < 1.29 is 13.9 Å². The van der Waals surface area contributed by atoms with Gasteiger partial charge in [0.15, 0.2) is 11.6 Å². The van der Waals surface area contributed by atoms with Gasteiger partial charge in [-0.15, -0.1) is 0 Å². The van der Waals surface area contributed by atoms with E-state index in [9.17, 15) is 13.9 Å². The van der Waals surface area contributed by atoms with Crippen LogP contribution in [0, 0.1) is 11.6 Å². The fourth-order valence-electron chi connectivity index (χ4n) is 2.79. The van der Waals surface area contributed by atoms with Crippen molar-refractivity contribution in [2.45, 2.75) is 25.1 Å². The molecule has 0 aliphatic carbocycles. The normalized spacial score (nSPS) is 22.1. The molecule has 2 atom stereocenters. The summed E-state index contributed by atoms with van der Waals surface area (Å²) in [6, 6.07) is 5.19. The van der Waals surface area contributed by atoms with E-state index in [4.69, 9.17) is 5.73 Å². The maximum Gasteiger partial charge on any atom is 0.159 e. The lowest BCUT2D eigenvalue weighted by molar-refractivity contribution is 0.171. The van der Waals surface area contributed by atoms with Crippen LogP contribution in [-0.2, 0) is 6.54 Å². The molecule has 1 saturated heterocycles. The fourth-order valence-corrected chi connectivity index (χ4v) is 2.79. The molecular formula is C15H16F2N4O. The number of nitrogens with zero attached hydrogens (tertiary/aromatic N) is 3.